The molecule has 1 unspecified atom stereocenters. The molecule has 0 spiro atoms. The lowest BCUT2D eigenvalue weighted by Crippen LogP contribution is -2.39. The lowest BCUT2D eigenvalue weighted by atomic mass is 10.1. The van der Waals surface area contributed by atoms with E-state index in [0.29, 0.717) is 19.0 Å². The molecule has 9 heteroatoms. The van der Waals surface area contributed by atoms with Crippen molar-refractivity contribution < 1.29 is 0 Å². The van der Waals surface area contributed by atoms with Crippen molar-refractivity contribution in [3.05, 3.63) is 65.5 Å². The minimum atomic E-state index is 0. The van der Waals surface area contributed by atoms with Crippen molar-refractivity contribution in [2.45, 2.75) is 33.0 Å². The molecule has 2 heterocycles. The van der Waals surface area contributed by atoms with Gasteiger partial charge in [0.05, 0.1) is 24.8 Å². The van der Waals surface area contributed by atoms with E-state index in [-0.39, 0.29) is 30.0 Å². The van der Waals surface area contributed by atoms with Crippen LogP contribution in [0.2, 0.25) is 0 Å². The van der Waals surface area contributed by atoms with Crippen LogP contribution >= 0.6 is 24.0 Å². The summed E-state index contributed by atoms with van der Waals surface area (Å²) in [6, 6.07) is 12.4. The second kappa shape index (κ2) is 10.2. The molecule has 0 bridgehead atoms. The first kappa shape index (κ1) is 21.9. The minimum Gasteiger partial charge on any atom is -0.350 e. The lowest BCUT2D eigenvalue weighted by Gasteiger charge is -2.18. The number of aliphatic imine (C=N–C) groups is 1. The molecule has 0 amide bonds. The Labute approximate surface area is 182 Å². The minimum absolute atomic E-state index is 0. The van der Waals surface area contributed by atoms with Crippen LogP contribution in [-0.2, 0) is 27.2 Å². The van der Waals surface area contributed by atoms with Crippen molar-refractivity contribution in [3.63, 3.8) is 0 Å². The van der Waals surface area contributed by atoms with Crippen LogP contribution in [0.4, 0.5) is 0 Å². The summed E-state index contributed by atoms with van der Waals surface area (Å²) in [4.78, 5) is 4.72. The molecule has 2 aromatic heterocycles. The molecular weight excluding hydrogens is 467 g/mol. The van der Waals surface area contributed by atoms with Gasteiger partial charge in [0, 0.05) is 20.3 Å². The first-order valence-corrected chi connectivity index (χ1v) is 8.96. The topological polar surface area (TPSA) is 85.0 Å². The fraction of sp³-hybridized carbons (Fsp3) is 0.368. The van der Waals surface area contributed by atoms with E-state index in [1.807, 2.05) is 54.5 Å². The highest BCUT2D eigenvalue weighted by Crippen LogP contribution is 2.11. The SMILES string of the molecule is Cc1nnc(CNC(=NCc2ccnn2C)NC(C)c2ccccc2)n1C.I. The number of nitrogens with one attached hydrogen (secondary N) is 2. The molecule has 0 aliphatic carbocycles. The van der Waals surface area contributed by atoms with Crippen LogP contribution in [0, 0.1) is 6.92 Å². The van der Waals surface area contributed by atoms with E-state index in [1.54, 1.807) is 6.20 Å². The lowest BCUT2D eigenvalue weighted by molar-refractivity contribution is 0.658. The van der Waals surface area contributed by atoms with Gasteiger partial charge in [0.25, 0.3) is 0 Å². The Morgan fingerprint density at radius 3 is 2.50 bits per heavy atom. The average Bonchev–Trinajstić information content (AvgIpc) is 3.24. The second-order valence-electron chi connectivity index (χ2n) is 6.46. The molecule has 8 nitrogen and oxygen atoms in total. The predicted molar refractivity (Wildman–Crippen MR) is 120 cm³/mol. The molecule has 28 heavy (non-hydrogen) atoms. The number of hydrogen-bond acceptors (Lipinski definition) is 4. The second-order valence-corrected chi connectivity index (χ2v) is 6.46. The molecule has 0 aliphatic rings. The Morgan fingerprint density at radius 1 is 1.14 bits per heavy atom. The predicted octanol–water partition coefficient (Wildman–Crippen LogP) is 2.47. The molecule has 2 N–H and O–H groups in total. The Morgan fingerprint density at radius 2 is 1.89 bits per heavy atom. The van der Waals surface area contributed by atoms with Gasteiger partial charge in [-0.3, -0.25) is 4.68 Å². The summed E-state index contributed by atoms with van der Waals surface area (Å²) in [5.41, 5.74) is 2.24. The quantitative estimate of drug-likeness (QED) is 0.313. The highest BCUT2D eigenvalue weighted by atomic mass is 127. The monoisotopic (exact) mass is 494 g/mol. The van der Waals surface area contributed by atoms with Gasteiger partial charge in [-0.2, -0.15) is 5.10 Å². The number of aromatic nitrogens is 5. The summed E-state index contributed by atoms with van der Waals surface area (Å²) in [6.07, 6.45) is 1.78. The fourth-order valence-electron chi connectivity index (χ4n) is 2.67. The van der Waals surface area contributed by atoms with E-state index >= 15 is 0 Å². The first-order valence-electron chi connectivity index (χ1n) is 8.96. The van der Waals surface area contributed by atoms with E-state index in [2.05, 4.69) is 45.0 Å². The van der Waals surface area contributed by atoms with Crippen molar-refractivity contribution in [3.8, 4) is 0 Å². The summed E-state index contributed by atoms with van der Waals surface area (Å²) in [7, 11) is 3.87. The molecule has 0 fully saturated rings. The zero-order valence-electron chi connectivity index (χ0n) is 16.6. The van der Waals surface area contributed by atoms with Crippen molar-refractivity contribution in [2.75, 3.05) is 0 Å². The highest BCUT2D eigenvalue weighted by molar-refractivity contribution is 14.0. The van der Waals surface area contributed by atoms with E-state index in [4.69, 9.17) is 4.99 Å². The number of hydrogen-bond donors (Lipinski definition) is 2. The van der Waals surface area contributed by atoms with Crippen molar-refractivity contribution in [1.29, 1.82) is 0 Å². The number of rotatable bonds is 6. The van der Waals surface area contributed by atoms with Crippen LogP contribution in [0.15, 0.2) is 47.6 Å². The van der Waals surface area contributed by atoms with Gasteiger partial charge in [0.2, 0.25) is 0 Å². The highest BCUT2D eigenvalue weighted by Gasteiger charge is 2.10. The third-order valence-corrected chi connectivity index (χ3v) is 4.57. The third kappa shape index (κ3) is 5.54. The normalized spacial score (nSPS) is 12.4. The number of aryl methyl sites for hydroxylation is 2. The van der Waals surface area contributed by atoms with Crippen LogP contribution < -0.4 is 10.6 Å². The van der Waals surface area contributed by atoms with Crippen molar-refractivity contribution in [2.24, 2.45) is 19.1 Å². The standard InChI is InChI=1S/C19H26N8.HI/c1-14(16-8-6-5-7-9-16)23-19(20-12-17-10-11-22-27(17)4)21-13-18-25-24-15(2)26(18)3;/h5-11,14H,12-13H2,1-4H3,(H2,20,21,23);1H. The Bertz CT molecular complexity index is 900. The number of halogens is 1. The molecule has 3 aromatic rings. The molecule has 0 saturated carbocycles. The Hall–Kier alpha value is -2.43. The van der Waals surface area contributed by atoms with Gasteiger partial charge in [0.1, 0.15) is 5.82 Å². The molecule has 3 rings (SSSR count). The maximum absolute atomic E-state index is 4.72. The smallest absolute Gasteiger partial charge is 0.192 e. The third-order valence-electron chi connectivity index (χ3n) is 4.57. The summed E-state index contributed by atoms with van der Waals surface area (Å²) >= 11 is 0. The summed E-state index contributed by atoms with van der Waals surface area (Å²) in [5, 5.41) is 19.3. The van der Waals surface area contributed by atoms with Gasteiger partial charge >= 0.3 is 0 Å². The van der Waals surface area contributed by atoms with Gasteiger partial charge in [-0.1, -0.05) is 30.3 Å². The molecule has 1 aromatic carbocycles. The van der Waals surface area contributed by atoms with Crippen LogP contribution in [0.5, 0.6) is 0 Å². The van der Waals surface area contributed by atoms with Gasteiger partial charge in [0.15, 0.2) is 11.8 Å². The van der Waals surface area contributed by atoms with Gasteiger partial charge in [-0.25, -0.2) is 4.99 Å². The van der Waals surface area contributed by atoms with Crippen molar-refractivity contribution >= 4 is 29.9 Å². The van der Waals surface area contributed by atoms with E-state index in [9.17, 15) is 0 Å². The summed E-state index contributed by atoms with van der Waals surface area (Å²) in [5.74, 6) is 2.45. The first-order chi connectivity index (χ1) is 13.0. The van der Waals surface area contributed by atoms with Crippen LogP contribution in [0.3, 0.4) is 0 Å². The summed E-state index contributed by atoms with van der Waals surface area (Å²) < 4.78 is 3.79. The molecule has 0 radical (unpaired) electrons. The van der Waals surface area contributed by atoms with E-state index in [0.717, 1.165) is 17.3 Å². The van der Waals surface area contributed by atoms with Gasteiger partial charge in [-0.05, 0) is 25.5 Å². The maximum Gasteiger partial charge on any atom is 0.192 e. The van der Waals surface area contributed by atoms with E-state index in [1.165, 1.54) is 5.56 Å². The molecule has 150 valence electrons. The molecule has 1 atom stereocenters. The zero-order chi connectivity index (χ0) is 19.2. The van der Waals surface area contributed by atoms with E-state index < -0.39 is 0 Å². The van der Waals surface area contributed by atoms with Gasteiger partial charge < -0.3 is 15.2 Å². The fourth-order valence-corrected chi connectivity index (χ4v) is 2.67. The van der Waals surface area contributed by atoms with Crippen LogP contribution in [0.1, 0.15) is 35.9 Å². The zero-order valence-corrected chi connectivity index (χ0v) is 19.0. The maximum atomic E-state index is 4.72. The molecule has 0 saturated heterocycles. The summed E-state index contributed by atoms with van der Waals surface area (Å²) in [6.45, 7) is 5.12. The number of guanidine groups is 1. The largest absolute Gasteiger partial charge is 0.350 e. The molecule has 0 aliphatic heterocycles. The number of benzene rings is 1. The van der Waals surface area contributed by atoms with Crippen LogP contribution in [0.25, 0.3) is 0 Å². The van der Waals surface area contributed by atoms with Gasteiger partial charge in [-0.15, -0.1) is 34.2 Å². The Kier molecular flexibility index (Phi) is 7.97. The molecular formula is C19H27IN8. The Balaban J connectivity index is 0.00000280. The average molecular weight is 494 g/mol. The van der Waals surface area contributed by atoms with Crippen LogP contribution in [-0.4, -0.2) is 30.5 Å². The number of nitrogens with zero attached hydrogens (tertiary/aromatic N) is 6. The van der Waals surface area contributed by atoms with Crippen molar-refractivity contribution in [1.82, 2.24) is 35.2 Å².